The van der Waals surface area contributed by atoms with Gasteiger partial charge in [-0.25, -0.2) is 18.0 Å². The number of aromatic carboxylic acids is 1. The molecule has 2 rings (SSSR count). The van der Waals surface area contributed by atoms with Gasteiger partial charge in [0.05, 0.1) is 28.8 Å². The first-order chi connectivity index (χ1) is 11.3. The van der Waals surface area contributed by atoms with Gasteiger partial charge in [0.2, 0.25) is 0 Å². The number of aryl methyl sites for hydroxylation is 1. The van der Waals surface area contributed by atoms with Crippen LogP contribution in [0.15, 0.2) is 47.4 Å². The Labute approximate surface area is 138 Å². The number of methoxy groups -OCH3 is 1. The lowest BCUT2D eigenvalue weighted by atomic mass is 10.1. The molecule has 0 heterocycles. The van der Waals surface area contributed by atoms with Crippen LogP contribution >= 0.6 is 0 Å². The van der Waals surface area contributed by atoms with E-state index in [2.05, 4.69) is 9.46 Å². The molecule has 0 saturated heterocycles. The van der Waals surface area contributed by atoms with Gasteiger partial charge in [0.1, 0.15) is 0 Å². The minimum atomic E-state index is -4.09. The molecule has 126 valence electrons. The fourth-order valence-electron chi connectivity index (χ4n) is 2.08. The van der Waals surface area contributed by atoms with Crippen LogP contribution in [0.3, 0.4) is 0 Å². The molecule has 7 nitrogen and oxygen atoms in total. The molecule has 0 aliphatic heterocycles. The van der Waals surface area contributed by atoms with Gasteiger partial charge in [-0.15, -0.1) is 0 Å². The van der Waals surface area contributed by atoms with Crippen LogP contribution in [0, 0.1) is 6.92 Å². The molecule has 0 aromatic heterocycles. The first kappa shape index (κ1) is 17.5. The predicted octanol–water partition coefficient (Wildman–Crippen LogP) is 2.28. The molecule has 0 fully saturated rings. The number of esters is 1. The number of anilines is 1. The van der Waals surface area contributed by atoms with Gasteiger partial charge in [-0.3, -0.25) is 4.72 Å². The number of rotatable bonds is 5. The van der Waals surface area contributed by atoms with Crippen molar-refractivity contribution in [2.45, 2.75) is 11.8 Å². The van der Waals surface area contributed by atoms with Crippen molar-refractivity contribution in [1.29, 1.82) is 0 Å². The highest BCUT2D eigenvalue weighted by molar-refractivity contribution is 7.92. The second-order valence-corrected chi connectivity index (χ2v) is 6.58. The maximum Gasteiger partial charge on any atom is 0.339 e. The van der Waals surface area contributed by atoms with Crippen LogP contribution in [0.5, 0.6) is 0 Å². The average Bonchev–Trinajstić information content (AvgIpc) is 2.54. The van der Waals surface area contributed by atoms with Gasteiger partial charge in [-0.2, -0.15) is 0 Å². The van der Waals surface area contributed by atoms with Crippen LogP contribution < -0.4 is 4.72 Å². The monoisotopic (exact) mass is 349 g/mol. The summed E-state index contributed by atoms with van der Waals surface area (Å²) in [6, 6.07) is 9.76. The number of benzene rings is 2. The quantitative estimate of drug-likeness (QED) is 0.802. The Kier molecular flexibility index (Phi) is 4.89. The Bertz CT molecular complexity index is 905. The predicted molar refractivity (Wildman–Crippen MR) is 86.7 cm³/mol. The SMILES string of the molecule is COC(=O)c1ccccc1NS(=O)(=O)c1cc(C(=O)O)ccc1C. The summed E-state index contributed by atoms with van der Waals surface area (Å²) in [6.45, 7) is 1.55. The molecular formula is C16H15NO6S. The zero-order chi connectivity index (χ0) is 17.9. The van der Waals surface area contributed by atoms with Crippen LogP contribution in [0.2, 0.25) is 0 Å². The summed E-state index contributed by atoms with van der Waals surface area (Å²) in [6.07, 6.45) is 0. The number of sulfonamides is 1. The summed E-state index contributed by atoms with van der Waals surface area (Å²) in [7, 11) is -2.90. The standard InChI is InChI=1S/C16H15NO6S/c1-10-7-8-11(15(18)19)9-14(10)24(21,22)17-13-6-4-3-5-12(13)16(20)23-2/h3-9,17H,1-2H3,(H,18,19). The Morgan fingerprint density at radius 2 is 1.79 bits per heavy atom. The molecule has 0 aliphatic rings. The molecule has 2 N–H and O–H groups in total. The van der Waals surface area contributed by atoms with E-state index in [4.69, 9.17) is 5.11 Å². The smallest absolute Gasteiger partial charge is 0.339 e. The fraction of sp³-hybridized carbons (Fsp3) is 0.125. The summed E-state index contributed by atoms with van der Waals surface area (Å²) in [4.78, 5) is 22.6. The van der Waals surface area contributed by atoms with Crippen LogP contribution in [0.1, 0.15) is 26.3 Å². The van der Waals surface area contributed by atoms with Gasteiger partial charge >= 0.3 is 11.9 Å². The summed E-state index contributed by atoms with van der Waals surface area (Å²) >= 11 is 0. The van der Waals surface area contributed by atoms with E-state index in [1.54, 1.807) is 19.1 Å². The highest BCUT2D eigenvalue weighted by atomic mass is 32.2. The van der Waals surface area contributed by atoms with E-state index < -0.39 is 22.0 Å². The summed E-state index contributed by atoms with van der Waals surface area (Å²) in [5, 5.41) is 9.03. The lowest BCUT2D eigenvalue weighted by molar-refractivity contribution is 0.0601. The van der Waals surface area contributed by atoms with Crippen LogP contribution in [0.25, 0.3) is 0 Å². The third-order valence-electron chi connectivity index (χ3n) is 3.30. The molecule has 2 aromatic rings. The third kappa shape index (κ3) is 3.54. The number of carbonyl (C=O) groups is 2. The lowest BCUT2D eigenvalue weighted by Crippen LogP contribution is -2.17. The number of carboxylic acids is 1. The highest BCUT2D eigenvalue weighted by Gasteiger charge is 2.22. The van der Waals surface area contributed by atoms with E-state index >= 15 is 0 Å². The van der Waals surface area contributed by atoms with Crippen LogP contribution in [-0.2, 0) is 14.8 Å². The second-order valence-electron chi connectivity index (χ2n) is 4.93. The number of para-hydroxylation sites is 1. The Morgan fingerprint density at radius 1 is 1.12 bits per heavy atom. The number of carboxylic acid groups (broad SMARTS) is 1. The largest absolute Gasteiger partial charge is 0.478 e. The molecule has 0 bridgehead atoms. The molecule has 0 radical (unpaired) electrons. The van der Waals surface area contributed by atoms with Gasteiger partial charge in [0.25, 0.3) is 10.0 Å². The minimum absolute atomic E-state index is 0.0458. The van der Waals surface area contributed by atoms with E-state index in [0.717, 1.165) is 6.07 Å². The van der Waals surface area contributed by atoms with Crippen LogP contribution in [-0.4, -0.2) is 32.6 Å². The fourth-order valence-corrected chi connectivity index (χ4v) is 3.43. The average molecular weight is 349 g/mol. The molecule has 0 unspecified atom stereocenters. The van der Waals surface area contributed by atoms with Gasteiger partial charge < -0.3 is 9.84 Å². The second kappa shape index (κ2) is 6.71. The molecule has 2 aromatic carbocycles. The van der Waals surface area contributed by atoms with Gasteiger partial charge in [0.15, 0.2) is 0 Å². The first-order valence-electron chi connectivity index (χ1n) is 6.80. The van der Waals surface area contributed by atoms with E-state index in [1.807, 2.05) is 0 Å². The lowest BCUT2D eigenvalue weighted by Gasteiger charge is -2.13. The number of hydrogen-bond acceptors (Lipinski definition) is 5. The van der Waals surface area contributed by atoms with Crippen molar-refractivity contribution in [3.8, 4) is 0 Å². The molecular weight excluding hydrogens is 334 g/mol. The molecule has 0 saturated carbocycles. The topological polar surface area (TPSA) is 110 Å². The Balaban J connectivity index is 2.49. The van der Waals surface area contributed by atoms with Crippen molar-refractivity contribution in [1.82, 2.24) is 0 Å². The summed E-state index contributed by atoms with van der Waals surface area (Å²) in [5.74, 6) is -1.93. The van der Waals surface area contributed by atoms with Gasteiger partial charge in [-0.05, 0) is 36.8 Å². The Morgan fingerprint density at radius 3 is 2.42 bits per heavy atom. The number of hydrogen-bond donors (Lipinski definition) is 2. The normalized spacial score (nSPS) is 10.9. The maximum absolute atomic E-state index is 12.6. The van der Waals surface area contributed by atoms with Gasteiger partial charge in [0, 0.05) is 0 Å². The van der Waals surface area contributed by atoms with E-state index in [1.165, 1.54) is 31.4 Å². The number of nitrogens with one attached hydrogen (secondary N) is 1. The van der Waals surface area contributed by atoms with Crippen molar-refractivity contribution in [3.63, 3.8) is 0 Å². The van der Waals surface area contributed by atoms with Gasteiger partial charge in [-0.1, -0.05) is 18.2 Å². The van der Waals surface area contributed by atoms with Crippen molar-refractivity contribution >= 4 is 27.6 Å². The molecule has 0 aliphatic carbocycles. The zero-order valence-corrected chi connectivity index (χ0v) is 13.8. The molecule has 0 spiro atoms. The third-order valence-corrected chi connectivity index (χ3v) is 4.81. The molecule has 8 heteroatoms. The summed E-state index contributed by atoms with van der Waals surface area (Å²) < 4.78 is 32.1. The Hall–Kier alpha value is -2.87. The van der Waals surface area contributed by atoms with E-state index in [9.17, 15) is 18.0 Å². The van der Waals surface area contributed by atoms with Crippen molar-refractivity contribution in [3.05, 3.63) is 59.2 Å². The molecule has 24 heavy (non-hydrogen) atoms. The van der Waals surface area contributed by atoms with Crippen molar-refractivity contribution in [2.75, 3.05) is 11.8 Å². The van der Waals surface area contributed by atoms with Crippen LogP contribution in [0.4, 0.5) is 5.69 Å². The van der Waals surface area contributed by atoms with Crippen molar-refractivity contribution in [2.24, 2.45) is 0 Å². The van der Waals surface area contributed by atoms with E-state index in [-0.39, 0.29) is 21.7 Å². The van der Waals surface area contributed by atoms with Crippen molar-refractivity contribution < 1.29 is 27.9 Å². The first-order valence-corrected chi connectivity index (χ1v) is 8.28. The number of ether oxygens (including phenoxy) is 1. The van der Waals surface area contributed by atoms with E-state index in [0.29, 0.717) is 5.56 Å². The zero-order valence-electron chi connectivity index (χ0n) is 12.9. The maximum atomic E-state index is 12.6. The molecule has 0 atom stereocenters. The highest BCUT2D eigenvalue weighted by Crippen LogP contribution is 2.23. The number of carbonyl (C=O) groups excluding carboxylic acids is 1. The minimum Gasteiger partial charge on any atom is -0.478 e. The molecule has 0 amide bonds. The summed E-state index contributed by atoms with van der Waals surface area (Å²) in [5.41, 5.74) is 0.324.